The van der Waals surface area contributed by atoms with Crippen LogP contribution in [0.3, 0.4) is 0 Å². The average Bonchev–Trinajstić information content (AvgIpc) is 2.26. The van der Waals surface area contributed by atoms with Crippen LogP contribution in [0.5, 0.6) is 0 Å². The van der Waals surface area contributed by atoms with Crippen LogP contribution in [-0.2, 0) is 14.3 Å². The second-order valence-electron chi connectivity index (χ2n) is 4.25. The Morgan fingerprint density at radius 1 is 1.06 bits per heavy atom. The molecule has 0 bridgehead atoms. The molecule has 0 rings (SSSR count). The van der Waals surface area contributed by atoms with Crippen molar-refractivity contribution in [2.45, 2.75) is 26.2 Å². The summed E-state index contributed by atoms with van der Waals surface area (Å²) in [5.41, 5.74) is 0. The van der Waals surface area contributed by atoms with E-state index < -0.39 is 0 Å². The van der Waals surface area contributed by atoms with Crippen molar-refractivity contribution >= 4 is 11.9 Å². The van der Waals surface area contributed by atoms with Gasteiger partial charge in [-0.2, -0.15) is 0 Å². The summed E-state index contributed by atoms with van der Waals surface area (Å²) < 4.78 is 4.84. The molecule has 0 saturated carbocycles. The normalized spacial score (nSPS) is 10.4. The summed E-state index contributed by atoms with van der Waals surface area (Å²) in [6, 6.07) is 0. The van der Waals surface area contributed by atoms with Crippen molar-refractivity contribution in [3.63, 3.8) is 0 Å². The van der Waals surface area contributed by atoms with Gasteiger partial charge in [-0.25, -0.2) is 0 Å². The number of carbonyl (C=O) groups excluding carboxylic acids is 2. The largest absolute Gasteiger partial charge is 0.466 e. The van der Waals surface area contributed by atoms with Crippen molar-refractivity contribution in [3.8, 4) is 0 Å². The van der Waals surface area contributed by atoms with Crippen LogP contribution in [0.2, 0.25) is 0 Å². The van der Waals surface area contributed by atoms with Crippen LogP contribution in [0.15, 0.2) is 0 Å². The second-order valence-corrected chi connectivity index (χ2v) is 4.25. The lowest BCUT2D eigenvalue weighted by molar-refractivity contribution is -0.143. The Labute approximate surface area is 104 Å². The Kier molecular flexibility index (Phi) is 8.40. The van der Waals surface area contributed by atoms with Gasteiger partial charge >= 0.3 is 5.97 Å². The summed E-state index contributed by atoms with van der Waals surface area (Å²) >= 11 is 0. The van der Waals surface area contributed by atoms with Crippen LogP contribution in [0.25, 0.3) is 0 Å². The Balaban J connectivity index is 3.56. The fourth-order valence-corrected chi connectivity index (χ4v) is 1.35. The predicted octanol–water partition coefficient (Wildman–Crippen LogP) is 0.740. The molecule has 0 aliphatic carbocycles. The minimum absolute atomic E-state index is 0.142. The minimum atomic E-state index is -0.163. The first-order valence-electron chi connectivity index (χ1n) is 6.01. The highest BCUT2D eigenvalue weighted by atomic mass is 16.5. The molecule has 0 aromatic rings. The molecular formula is C12H24N2O3. The van der Waals surface area contributed by atoms with Gasteiger partial charge < -0.3 is 14.5 Å². The zero-order valence-corrected chi connectivity index (χ0v) is 11.4. The topological polar surface area (TPSA) is 49.9 Å². The van der Waals surface area contributed by atoms with E-state index in [-0.39, 0.29) is 11.9 Å². The maximum atomic E-state index is 11.3. The van der Waals surface area contributed by atoms with Gasteiger partial charge in [-0.15, -0.1) is 0 Å². The van der Waals surface area contributed by atoms with Crippen LogP contribution in [-0.4, -0.2) is 62.5 Å². The molecule has 0 saturated heterocycles. The highest BCUT2D eigenvalue weighted by Crippen LogP contribution is 1.98. The maximum Gasteiger partial charge on any atom is 0.307 e. The number of hydrogen-bond donors (Lipinski definition) is 0. The zero-order valence-electron chi connectivity index (χ0n) is 11.4. The van der Waals surface area contributed by atoms with Crippen molar-refractivity contribution in [2.75, 3.05) is 40.8 Å². The SMILES string of the molecule is CCOC(=O)CCN(C)CCCC(=O)N(C)C. The van der Waals surface area contributed by atoms with Crippen LogP contribution in [0.1, 0.15) is 26.2 Å². The molecule has 0 radical (unpaired) electrons. The van der Waals surface area contributed by atoms with E-state index in [1.165, 1.54) is 0 Å². The molecule has 0 aromatic heterocycles. The zero-order chi connectivity index (χ0) is 13.3. The molecule has 100 valence electrons. The molecule has 0 aliphatic heterocycles. The number of amides is 1. The number of nitrogens with zero attached hydrogens (tertiary/aromatic N) is 2. The lowest BCUT2D eigenvalue weighted by Gasteiger charge is -2.16. The first kappa shape index (κ1) is 15.9. The smallest absolute Gasteiger partial charge is 0.307 e. The number of hydrogen-bond acceptors (Lipinski definition) is 4. The van der Waals surface area contributed by atoms with Gasteiger partial charge in [0, 0.05) is 27.1 Å². The molecule has 0 unspecified atom stereocenters. The average molecular weight is 244 g/mol. The Morgan fingerprint density at radius 2 is 1.71 bits per heavy atom. The third-order valence-electron chi connectivity index (χ3n) is 2.43. The van der Waals surface area contributed by atoms with Gasteiger partial charge in [0.05, 0.1) is 13.0 Å². The maximum absolute atomic E-state index is 11.3. The standard InChI is InChI=1S/C12H24N2O3/c1-5-17-12(16)8-10-14(4)9-6-7-11(15)13(2)3/h5-10H2,1-4H3. The van der Waals surface area contributed by atoms with E-state index >= 15 is 0 Å². The molecule has 0 heterocycles. The molecular weight excluding hydrogens is 220 g/mol. The molecule has 17 heavy (non-hydrogen) atoms. The summed E-state index contributed by atoms with van der Waals surface area (Å²) in [4.78, 5) is 26.1. The monoisotopic (exact) mass is 244 g/mol. The molecule has 0 fully saturated rings. The predicted molar refractivity (Wildman–Crippen MR) is 66.7 cm³/mol. The van der Waals surface area contributed by atoms with Gasteiger partial charge in [0.15, 0.2) is 0 Å². The molecule has 1 amide bonds. The summed E-state index contributed by atoms with van der Waals surface area (Å²) in [5.74, 6) is -0.0208. The quantitative estimate of drug-likeness (QED) is 0.591. The van der Waals surface area contributed by atoms with E-state index in [4.69, 9.17) is 4.74 Å². The fraction of sp³-hybridized carbons (Fsp3) is 0.833. The number of ether oxygens (including phenoxy) is 1. The highest BCUT2D eigenvalue weighted by Gasteiger charge is 2.07. The van der Waals surface area contributed by atoms with Gasteiger partial charge in [-0.3, -0.25) is 9.59 Å². The van der Waals surface area contributed by atoms with Crippen LogP contribution < -0.4 is 0 Å². The van der Waals surface area contributed by atoms with Crippen LogP contribution in [0.4, 0.5) is 0 Å². The number of carbonyl (C=O) groups is 2. The molecule has 0 spiro atoms. The third kappa shape index (κ3) is 8.68. The summed E-state index contributed by atoms with van der Waals surface area (Å²) in [6.45, 7) is 3.72. The van der Waals surface area contributed by atoms with Gasteiger partial charge in [0.1, 0.15) is 0 Å². The van der Waals surface area contributed by atoms with E-state index in [1.54, 1.807) is 25.9 Å². The van der Waals surface area contributed by atoms with Crippen LogP contribution in [0, 0.1) is 0 Å². The molecule has 5 nitrogen and oxygen atoms in total. The summed E-state index contributed by atoms with van der Waals surface area (Å²) in [5, 5.41) is 0. The first-order chi connectivity index (χ1) is 7.97. The first-order valence-corrected chi connectivity index (χ1v) is 6.01. The van der Waals surface area contributed by atoms with Gasteiger partial charge in [0.25, 0.3) is 0 Å². The third-order valence-corrected chi connectivity index (χ3v) is 2.43. The van der Waals surface area contributed by atoms with Gasteiger partial charge in [-0.1, -0.05) is 0 Å². The van der Waals surface area contributed by atoms with E-state index in [0.717, 1.165) is 13.0 Å². The van der Waals surface area contributed by atoms with Crippen molar-refractivity contribution in [1.29, 1.82) is 0 Å². The summed E-state index contributed by atoms with van der Waals surface area (Å²) in [7, 11) is 5.46. The number of rotatable bonds is 8. The Hall–Kier alpha value is -1.10. The van der Waals surface area contributed by atoms with Crippen molar-refractivity contribution < 1.29 is 14.3 Å². The molecule has 0 aromatic carbocycles. The molecule has 0 atom stereocenters. The van der Waals surface area contributed by atoms with Gasteiger partial charge in [0.2, 0.25) is 5.91 Å². The highest BCUT2D eigenvalue weighted by molar-refractivity contribution is 5.75. The Bertz CT molecular complexity index is 242. The van der Waals surface area contributed by atoms with Crippen molar-refractivity contribution in [1.82, 2.24) is 9.80 Å². The van der Waals surface area contributed by atoms with Crippen molar-refractivity contribution in [3.05, 3.63) is 0 Å². The molecule has 0 aliphatic rings. The lowest BCUT2D eigenvalue weighted by atomic mass is 10.2. The molecule has 5 heteroatoms. The van der Waals surface area contributed by atoms with E-state index in [9.17, 15) is 9.59 Å². The van der Waals surface area contributed by atoms with Crippen molar-refractivity contribution in [2.24, 2.45) is 0 Å². The molecule has 0 N–H and O–H groups in total. The lowest BCUT2D eigenvalue weighted by Crippen LogP contribution is -2.26. The van der Waals surface area contributed by atoms with Gasteiger partial charge in [-0.05, 0) is 26.9 Å². The second kappa shape index (κ2) is 8.98. The number of esters is 1. The fourth-order valence-electron chi connectivity index (χ4n) is 1.35. The summed E-state index contributed by atoms with van der Waals surface area (Å²) in [6.07, 6.45) is 1.78. The van der Waals surface area contributed by atoms with E-state index in [1.807, 2.05) is 11.9 Å². The van der Waals surface area contributed by atoms with E-state index in [2.05, 4.69) is 0 Å². The Morgan fingerprint density at radius 3 is 2.24 bits per heavy atom. The van der Waals surface area contributed by atoms with E-state index in [0.29, 0.717) is 26.0 Å². The minimum Gasteiger partial charge on any atom is -0.466 e. The van der Waals surface area contributed by atoms with Crippen LogP contribution >= 0.6 is 0 Å².